The first-order chi connectivity index (χ1) is 30.4. The summed E-state index contributed by atoms with van der Waals surface area (Å²) >= 11 is 0. The van der Waals surface area contributed by atoms with E-state index in [1.54, 1.807) is 0 Å². The summed E-state index contributed by atoms with van der Waals surface area (Å²) in [7, 11) is 0. The van der Waals surface area contributed by atoms with Gasteiger partial charge in [0.1, 0.15) is 30.5 Å². The zero-order valence-electron chi connectivity index (χ0n) is 39.1. The molecule has 0 amide bonds. The number of unbranched alkanes of at least 4 members (excludes halogenated alkanes) is 16. The van der Waals surface area contributed by atoms with E-state index in [9.17, 15) is 25.2 Å². The van der Waals surface area contributed by atoms with Crippen molar-refractivity contribution in [2.45, 2.75) is 218 Å². The molecule has 9 nitrogen and oxygen atoms in total. The molecule has 0 aliphatic carbocycles. The lowest BCUT2D eigenvalue weighted by molar-refractivity contribution is -0.305. The van der Waals surface area contributed by atoms with Crippen LogP contribution in [0.1, 0.15) is 181 Å². The summed E-state index contributed by atoms with van der Waals surface area (Å²) in [5.74, 6) is -0.333. The van der Waals surface area contributed by atoms with Gasteiger partial charge in [-0.1, -0.05) is 170 Å². The monoisotopic (exact) mass is 871 g/mol. The Morgan fingerprint density at radius 1 is 0.532 bits per heavy atom. The second-order valence-corrected chi connectivity index (χ2v) is 16.5. The molecule has 0 saturated carbocycles. The first-order valence-electron chi connectivity index (χ1n) is 24.7. The minimum Gasteiger partial charge on any atom is -0.457 e. The molecule has 0 aromatic carbocycles. The van der Waals surface area contributed by atoms with Gasteiger partial charge in [0.05, 0.1) is 19.8 Å². The molecule has 9 heteroatoms. The number of rotatable bonds is 41. The number of aliphatic hydroxyl groups excluding tert-OH is 4. The van der Waals surface area contributed by atoms with Crippen LogP contribution >= 0.6 is 0 Å². The van der Waals surface area contributed by atoms with Gasteiger partial charge in [-0.3, -0.25) is 4.79 Å². The molecule has 1 saturated heterocycles. The molecule has 1 rings (SSSR count). The zero-order chi connectivity index (χ0) is 45.0. The molecule has 0 radical (unpaired) electrons. The minimum atomic E-state index is -1.54. The van der Waals surface area contributed by atoms with E-state index in [1.807, 2.05) is 0 Å². The highest BCUT2D eigenvalue weighted by atomic mass is 16.7. The second kappa shape index (κ2) is 43.6. The Balaban J connectivity index is 2.24. The quantitative estimate of drug-likeness (QED) is 0.0269. The highest BCUT2D eigenvalue weighted by Gasteiger charge is 2.44. The molecule has 62 heavy (non-hydrogen) atoms. The Morgan fingerprint density at radius 2 is 0.984 bits per heavy atom. The Morgan fingerprint density at radius 3 is 1.50 bits per heavy atom. The standard InChI is InChI=1S/C53H90O9/c1-3-5-7-9-11-13-15-17-19-20-21-22-23-24-25-26-27-28-29-30-32-34-36-38-40-42-49(55)61-47(46-60-53-52(58)51(57)50(56)48(44-54)62-53)45-59-43-41-39-37-35-33-31-18-16-14-12-10-8-6-4-2/h5,7,11,13-14,16-17,19,21-22,24-25,27-28,47-48,50-54,56-58H,3-4,6,8-10,12,15,18,20,23,26,29-46H2,1-2H3/b7-5-,13-11-,16-14-,19-17-,22-21-,25-24-,28-27-. The average molecular weight is 871 g/mol. The van der Waals surface area contributed by atoms with Gasteiger partial charge in [0.25, 0.3) is 0 Å². The van der Waals surface area contributed by atoms with Gasteiger partial charge in [0.2, 0.25) is 0 Å². The largest absolute Gasteiger partial charge is 0.457 e. The summed E-state index contributed by atoms with van der Waals surface area (Å²) in [6.07, 6.45) is 51.8. The topological polar surface area (TPSA) is 135 Å². The Bertz CT molecular complexity index is 1220. The van der Waals surface area contributed by atoms with E-state index >= 15 is 0 Å². The smallest absolute Gasteiger partial charge is 0.306 e. The SMILES string of the molecule is CC/C=C\C/C=C\C/C=C\C/C=C\C/C=C\C/C=C\CCCCCCCCC(=O)OC(COCCCCCCCC/C=C\CCCCCC)COC1OC(CO)C(O)C(O)C1O. The predicted octanol–water partition coefficient (Wildman–Crippen LogP) is 11.8. The van der Waals surface area contributed by atoms with Crippen LogP contribution in [0.25, 0.3) is 0 Å². The normalized spacial score (nSPS) is 20.5. The fourth-order valence-corrected chi connectivity index (χ4v) is 6.96. The predicted molar refractivity (Wildman–Crippen MR) is 256 cm³/mol. The molecule has 1 aliphatic rings. The molecule has 356 valence electrons. The van der Waals surface area contributed by atoms with E-state index in [2.05, 4.69) is 98.9 Å². The Kier molecular flexibility index (Phi) is 40.4. The van der Waals surface area contributed by atoms with Crippen LogP contribution in [-0.4, -0.2) is 89.6 Å². The third-order valence-electron chi connectivity index (χ3n) is 10.8. The maximum Gasteiger partial charge on any atom is 0.306 e. The Hall–Kier alpha value is -2.63. The fraction of sp³-hybridized carbons (Fsp3) is 0.717. The highest BCUT2D eigenvalue weighted by molar-refractivity contribution is 5.69. The fourth-order valence-electron chi connectivity index (χ4n) is 6.96. The van der Waals surface area contributed by atoms with Crippen LogP contribution in [-0.2, 0) is 23.7 Å². The van der Waals surface area contributed by atoms with Crippen LogP contribution in [0.4, 0.5) is 0 Å². The molecule has 1 aliphatic heterocycles. The lowest BCUT2D eigenvalue weighted by Crippen LogP contribution is -2.59. The van der Waals surface area contributed by atoms with E-state index < -0.39 is 43.4 Å². The molecule has 6 unspecified atom stereocenters. The molecular weight excluding hydrogens is 781 g/mol. The number of aliphatic hydroxyl groups is 4. The number of allylic oxidation sites excluding steroid dienone is 14. The summed E-state index contributed by atoms with van der Waals surface area (Å²) in [6, 6.07) is 0. The second-order valence-electron chi connectivity index (χ2n) is 16.5. The van der Waals surface area contributed by atoms with Crippen molar-refractivity contribution in [1.29, 1.82) is 0 Å². The van der Waals surface area contributed by atoms with Crippen molar-refractivity contribution in [3.05, 3.63) is 85.1 Å². The van der Waals surface area contributed by atoms with Gasteiger partial charge in [0, 0.05) is 13.0 Å². The van der Waals surface area contributed by atoms with Crippen molar-refractivity contribution < 1.29 is 44.2 Å². The third-order valence-corrected chi connectivity index (χ3v) is 10.8. The Labute approximate surface area is 378 Å². The summed E-state index contributed by atoms with van der Waals surface area (Å²) in [4.78, 5) is 12.8. The van der Waals surface area contributed by atoms with Crippen molar-refractivity contribution in [3.63, 3.8) is 0 Å². The molecule has 0 bridgehead atoms. The number of ether oxygens (including phenoxy) is 4. The van der Waals surface area contributed by atoms with Crippen molar-refractivity contribution >= 4 is 5.97 Å². The van der Waals surface area contributed by atoms with Gasteiger partial charge < -0.3 is 39.4 Å². The first kappa shape index (κ1) is 57.4. The van der Waals surface area contributed by atoms with Crippen LogP contribution in [0.3, 0.4) is 0 Å². The van der Waals surface area contributed by atoms with Gasteiger partial charge in [-0.15, -0.1) is 0 Å². The van der Waals surface area contributed by atoms with E-state index in [-0.39, 0.29) is 19.2 Å². The van der Waals surface area contributed by atoms with Crippen molar-refractivity contribution in [2.75, 3.05) is 26.4 Å². The van der Waals surface area contributed by atoms with E-state index in [4.69, 9.17) is 18.9 Å². The highest BCUT2D eigenvalue weighted by Crippen LogP contribution is 2.22. The van der Waals surface area contributed by atoms with Gasteiger partial charge in [-0.05, 0) is 89.9 Å². The van der Waals surface area contributed by atoms with Gasteiger partial charge in [-0.2, -0.15) is 0 Å². The molecule has 1 fully saturated rings. The summed E-state index contributed by atoms with van der Waals surface area (Å²) in [6.45, 7) is 4.39. The maximum absolute atomic E-state index is 12.8. The molecule has 0 aromatic rings. The summed E-state index contributed by atoms with van der Waals surface area (Å²) in [5.41, 5.74) is 0. The number of esters is 1. The van der Waals surface area contributed by atoms with E-state index in [0.29, 0.717) is 13.0 Å². The van der Waals surface area contributed by atoms with Gasteiger partial charge >= 0.3 is 5.97 Å². The van der Waals surface area contributed by atoms with Crippen LogP contribution in [0.5, 0.6) is 0 Å². The van der Waals surface area contributed by atoms with E-state index in [0.717, 1.165) is 103 Å². The third kappa shape index (κ3) is 33.9. The zero-order valence-corrected chi connectivity index (χ0v) is 39.1. The molecule has 6 atom stereocenters. The van der Waals surface area contributed by atoms with Crippen molar-refractivity contribution in [2.24, 2.45) is 0 Å². The number of hydrogen-bond acceptors (Lipinski definition) is 9. The average Bonchev–Trinajstić information content (AvgIpc) is 3.27. The van der Waals surface area contributed by atoms with Gasteiger partial charge in [-0.25, -0.2) is 0 Å². The van der Waals surface area contributed by atoms with Crippen LogP contribution in [0.2, 0.25) is 0 Å². The number of carbonyl (C=O) groups is 1. The van der Waals surface area contributed by atoms with Crippen LogP contribution in [0, 0.1) is 0 Å². The summed E-state index contributed by atoms with van der Waals surface area (Å²) < 4.78 is 22.8. The maximum atomic E-state index is 12.8. The molecule has 0 spiro atoms. The number of hydrogen-bond donors (Lipinski definition) is 4. The molecule has 0 aromatic heterocycles. The number of carbonyl (C=O) groups excluding carboxylic acids is 1. The van der Waals surface area contributed by atoms with Crippen molar-refractivity contribution in [1.82, 2.24) is 0 Å². The minimum absolute atomic E-state index is 0.127. The molecular formula is C53H90O9. The van der Waals surface area contributed by atoms with Crippen molar-refractivity contribution in [3.8, 4) is 0 Å². The van der Waals surface area contributed by atoms with Gasteiger partial charge in [0.15, 0.2) is 6.29 Å². The first-order valence-corrected chi connectivity index (χ1v) is 24.7. The van der Waals surface area contributed by atoms with Crippen LogP contribution in [0.15, 0.2) is 85.1 Å². The lowest BCUT2D eigenvalue weighted by Gasteiger charge is -2.39. The van der Waals surface area contributed by atoms with Crippen LogP contribution < -0.4 is 0 Å². The molecule has 4 N–H and O–H groups in total. The molecule has 1 heterocycles. The lowest BCUT2D eigenvalue weighted by atomic mass is 9.99. The van der Waals surface area contributed by atoms with E-state index in [1.165, 1.54) is 57.8 Å². The summed E-state index contributed by atoms with van der Waals surface area (Å²) in [5, 5.41) is 40.2.